The van der Waals surface area contributed by atoms with Gasteiger partial charge in [0.15, 0.2) is 0 Å². The van der Waals surface area contributed by atoms with E-state index in [1.807, 2.05) is 37.3 Å². The third kappa shape index (κ3) is 7.88. The molecule has 38 heavy (non-hydrogen) atoms. The zero-order valence-corrected chi connectivity index (χ0v) is 23.5. The van der Waals surface area contributed by atoms with Crippen molar-refractivity contribution in [2.45, 2.75) is 41.5 Å². The van der Waals surface area contributed by atoms with Crippen LogP contribution in [0.4, 0.5) is 0 Å². The van der Waals surface area contributed by atoms with Crippen molar-refractivity contribution in [1.29, 1.82) is 0 Å². The highest BCUT2D eigenvalue weighted by Crippen LogP contribution is 2.33. The standard InChI is InChI=1S/C37H38O/c1-27(13-7-8-14-28(2)16-12-18-30(4)26-38)15-11-17-29(3)21-24-35-34-20-10-9-19-33(34)25-36-31(5)22-23-32(6)37(35)36/h7-26H,1-6H3/b8-7+,15-11+,16-12+,24-21+,27-13+,28-14+,29-17+,30-18+. The summed E-state index contributed by atoms with van der Waals surface area (Å²) >= 11 is 0. The number of carbonyl (C=O) groups excluding carboxylic acids is 1. The molecule has 0 aliphatic carbocycles. The fourth-order valence-corrected chi connectivity index (χ4v) is 4.25. The van der Waals surface area contributed by atoms with E-state index in [4.69, 9.17) is 0 Å². The summed E-state index contributed by atoms with van der Waals surface area (Å²) in [6, 6.07) is 15.4. The van der Waals surface area contributed by atoms with Crippen molar-refractivity contribution in [3.05, 3.63) is 148 Å². The maximum atomic E-state index is 10.6. The molecule has 0 radical (unpaired) electrons. The van der Waals surface area contributed by atoms with Gasteiger partial charge in [0.2, 0.25) is 0 Å². The predicted molar refractivity (Wildman–Crippen MR) is 168 cm³/mol. The largest absolute Gasteiger partial charge is 0.298 e. The molecule has 0 saturated carbocycles. The van der Waals surface area contributed by atoms with E-state index in [9.17, 15) is 4.79 Å². The average molecular weight is 499 g/mol. The summed E-state index contributed by atoms with van der Waals surface area (Å²) in [5, 5.41) is 5.21. The third-order valence-corrected chi connectivity index (χ3v) is 6.46. The molecule has 192 valence electrons. The number of hydrogen-bond donors (Lipinski definition) is 0. The maximum absolute atomic E-state index is 10.6. The summed E-state index contributed by atoms with van der Waals surface area (Å²) in [5.41, 5.74) is 8.09. The van der Waals surface area contributed by atoms with Crippen LogP contribution in [0.15, 0.2) is 132 Å². The maximum Gasteiger partial charge on any atom is 0.145 e. The summed E-state index contributed by atoms with van der Waals surface area (Å²) in [5.74, 6) is 0. The molecule has 0 unspecified atom stereocenters. The molecular weight excluding hydrogens is 460 g/mol. The molecule has 1 heteroatoms. The van der Waals surface area contributed by atoms with Crippen LogP contribution in [0.2, 0.25) is 0 Å². The lowest BCUT2D eigenvalue weighted by Gasteiger charge is -2.13. The highest BCUT2D eigenvalue weighted by atomic mass is 16.1. The third-order valence-electron chi connectivity index (χ3n) is 6.46. The van der Waals surface area contributed by atoms with Gasteiger partial charge in [-0.05, 0) is 91.4 Å². The molecule has 0 N–H and O–H groups in total. The Morgan fingerprint density at radius 3 is 1.82 bits per heavy atom. The molecule has 0 atom stereocenters. The van der Waals surface area contributed by atoms with E-state index in [-0.39, 0.29) is 0 Å². The van der Waals surface area contributed by atoms with Gasteiger partial charge in [-0.25, -0.2) is 0 Å². The average Bonchev–Trinajstić information content (AvgIpc) is 2.91. The second kappa shape index (κ2) is 13.9. The first-order valence-electron chi connectivity index (χ1n) is 13.1. The van der Waals surface area contributed by atoms with Gasteiger partial charge in [-0.2, -0.15) is 0 Å². The summed E-state index contributed by atoms with van der Waals surface area (Å²) in [6.07, 6.45) is 25.6. The minimum atomic E-state index is 0.710. The lowest BCUT2D eigenvalue weighted by atomic mass is 9.91. The molecule has 0 spiro atoms. The fourth-order valence-electron chi connectivity index (χ4n) is 4.25. The van der Waals surface area contributed by atoms with E-state index in [2.05, 4.69) is 107 Å². The van der Waals surface area contributed by atoms with Crippen molar-refractivity contribution in [3.8, 4) is 0 Å². The Morgan fingerprint density at radius 2 is 1.16 bits per heavy atom. The molecule has 0 heterocycles. The number of fused-ring (bicyclic) bond motifs is 2. The van der Waals surface area contributed by atoms with Crippen LogP contribution in [-0.4, -0.2) is 6.29 Å². The Bertz CT molecular complexity index is 1560. The van der Waals surface area contributed by atoms with E-state index < -0.39 is 0 Å². The number of allylic oxidation sites excluding steroid dienone is 15. The smallest absolute Gasteiger partial charge is 0.145 e. The summed E-state index contributed by atoms with van der Waals surface area (Å²) in [6.45, 7) is 12.4. The van der Waals surface area contributed by atoms with Gasteiger partial charge in [-0.3, -0.25) is 4.79 Å². The number of aldehydes is 1. The molecule has 3 rings (SSSR count). The summed E-state index contributed by atoms with van der Waals surface area (Å²) in [7, 11) is 0. The van der Waals surface area contributed by atoms with Crippen molar-refractivity contribution in [3.63, 3.8) is 0 Å². The first-order valence-corrected chi connectivity index (χ1v) is 13.1. The van der Waals surface area contributed by atoms with Crippen molar-refractivity contribution in [2.24, 2.45) is 0 Å². The topological polar surface area (TPSA) is 17.1 Å². The molecule has 1 nitrogen and oxygen atoms in total. The SMILES string of the molecule is C\C(C=O)=C/C=C/C(C)=C/C=C/C=C(C)/C=C/C=C(C)/C=C/c1c2ccccc2cc2c(C)ccc(C)c12. The number of hydrogen-bond acceptors (Lipinski definition) is 1. The number of rotatable bonds is 9. The Kier molecular flexibility index (Phi) is 10.4. The normalized spacial score (nSPS) is 14.4. The van der Waals surface area contributed by atoms with Crippen LogP contribution in [0.25, 0.3) is 27.6 Å². The molecular formula is C37H38O. The van der Waals surface area contributed by atoms with Crippen LogP contribution < -0.4 is 0 Å². The molecule has 0 saturated heterocycles. The minimum Gasteiger partial charge on any atom is -0.298 e. The second-order valence-electron chi connectivity index (χ2n) is 9.83. The van der Waals surface area contributed by atoms with Crippen LogP contribution in [0.1, 0.15) is 44.4 Å². The summed E-state index contributed by atoms with van der Waals surface area (Å²) in [4.78, 5) is 10.6. The van der Waals surface area contributed by atoms with Gasteiger partial charge in [-0.1, -0.05) is 126 Å². The first kappa shape index (κ1) is 28.3. The molecule has 3 aromatic rings. The number of benzene rings is 3. The van der Waals surface area contributed by atoms with Crippen LogP contribution in [-0.2, 0) is 4.79 Å². The van der Waals surface area contributed by atoms with Crippen LogP contribution >= 0.6 is 0 Å². The Morgan fingerprint density at radius 1 is 0.605 bits per heavy atom. The first-order chi connectivity index (χ1) is 18.3. The Hall–Kier alpha value is -4.23. The van der Waals surface area contributed by atoms with E-state index in [0.29, 0.717) is 5.57 Å². The van der Waals surface area contributed by atoms with Crippen molar-refractivity contribution >= 4 is 33.9 Å². The van der Waals surface area contributed by atoms with Crippen LogP contribution in [0.5, 0.6) is 0 Å². The monoisotopic (exact) mass is 498 g/mol. The van der Waals surface area contributed by atoms with Gasteiger partial charge < -0.3 is 0 Å². The van der Waals surface area contributed by atoms with Gasteiger partial charge in [0.25, 0.3) is 0 Å². The zero-order chi connectivity index (χ0) is 27.5. The quantitative estimate of drug-likeness (QED) is 0.124. The number of aryl methyl sites for hydroxylation is 2. The lowest BCUT2D eigenvalue weighted by Crippen LogP contribution is -1.89. The molecule has 0 aliphatic heterocycles. The highest BCUT2D eigenvalue weighted by Gasteiger charge is 2.09. The van der Waals surface area contributed by atoms with E-state index in [1.54, 1.807) is 13.0 Å². The van der Waals surface area contributed by atoms with Crippen molar-refractivity contribution in [1.82, 2.24) is 0 Å². The minimum absolute atomic E-state index is 0.710. The van der Waals surface area contributed by atoms with E-state index in [0.717, 1.165) is 11.9 Å². The molecule has 0 fully saturated rings. The van der Waals surface area contributed by atoms with Crippen LogP contribution in [0, 0.1) is 13.8 Å². The van der Waals surface area contributed by atoms with Gasteiger partial charge in [-0.15, -0.1) is 0 Å². The Balaban J connectivity index is 1.74. The van der Waals surface area contributed by atoms with E-state index >= 15 is 0 Å². The fraction of sp³-hybridized carbons (Fsp3) is 0.162. The van der Waals surface area contributed by atoms with E-state index in [1.165, 1.54) is 49.4 Å². The van der Waals surface area contributed by atoms with Gasteiger partial charge in [0.1, 0.15) is 6.29 Å². The van der Waals surface area contributed by atoms with Crippen LogP contribution in [0.3, 0.4) is 0 Å². The Labute approximate surface area is 228 Å². The van der Waals surface area contributed by atoms with Crippen molar-refractivity contribution in [2.75, 3.05) is 0 Å². The predicted octanol–water partition coefficient (Wildman–Crippen LogP) is 10.3. The summed E-state index contributed by atoms with van der Waals surface area (Å²) < 4.78 is 0. The second-order valence-corrected chi connectivity index (χ2v) is 9.83. The van der Waals surface area contributed by atoms with Gasteiger partial charge in [0.05, 0.1) is 0 Å². The molecule has 0 aliphatic rings. The van der Waals surface area contributed by atoms with Gasteiger partial charge >= 0.3 is 0 Å². The molecule has 0 amide bonds. The molecule has 0 aromatic heterocycles. The molecule has 3 aromatic carbocycles. The highest BCUT2D eigenvalue weighted by molar-refractivity contribution is 6.09. The lowest BCUT2D eigenvalue weighted by molar-refractivity contribution is -0.104. The zero-order valence-electron chi connectivity index (χ0n) is 23.5. The van der Waals surface area contributed by atoms with Gasteiger partial charge in [0, 0.05) is 0 Å². The molecule has 0 bridgehead atoms. The number of carbonyl (C=O) groups is 1. The van der Waals surface area contributed by atoms with Crippen molar-refractivity contribution < 1.29 is 4.79 Å².